The predicted molar refractivity (Wildman–Crippen MR) is 72.2 cm³/mol. The Bertz CT molecular complexity index is 395. The zero-order chi connectivity index (χ0) is 12.0. The number of nitrogens with one attached hydrogen (secondary N) is 1. The van der Waals surface area contributed by atoms with Gasteiger partial charge in [0.25, 0.3) is 0 Å². The van der Waals surface area contributed by atoms with Crippen LogP contribution in [0.15, 0.2) is 18.3 Å². The second-order valence-electron chi connectivity index (χ2n) is 3.12. The van der Waals surface area contributed by atoms with Crippen molar-refractivity contribution in [2.45, 2.75) is 6.92 Å². The Morgan fingerprint density at radius 1 is 1.69 bits per heavy atom. The molecule has 0 aliphatic rings. The molecule has 0 saturated carbocycles. The molecular formula is C10H15N3OS2. The number of nitrogens with zero attached hydrogens (tertiary/aromatic N) is 1. The zero-order valence-corrected chi connectivity index (χ0v) is 10.7. The molecule has 1 heterocycles. The summed E-state index contributed by atoms with van der Waals surface area (Å²) >= 11 is 4.91. The fourth-order valence-corrected chi connectivity index (χ4v) is 1.96. The third kappa shape index (κ3) is 3.86. The van der Waals surface area contributed by atoms with Gasteiger partial charge in [-0.3, -0.25) is 4.21 Å². The van der Waals surface area contributed by atoms with E-state index in [4.69, 9.17) is 18.0 Å². The summed E-state index contributed by atoms with van der Waals surface area (Å²) in [5.41, 5.74) is 6.29. The summed E-state index contributed by atoms with van der Waals surface area (Å²) in [4.78, 5) is 4.46. The number of hydrogen-bond donors (Lipinski definition) is 2. The van der Waals surface area contributed by atoms with Crippen molar-refractivity contribution in [2.24, 2.45) is 5.73 Å². The molecule has 0 radical (unpaired) electrons. The summed E-state index contributed by atoms with van der Waals surface area (Å²) < 4.78 is 11.2. The normalized spacial score (nSPS) is 12.1. The van der Waals surface area contributed by atoms with Gasteiger partial charge in [-0.05, 0) is 12.1 Å². The smallest absolute Gasteiger partial charge is 0.136 e. The summed E-state index contributed by atoms with van der Waals surface area (Å²) in [6.07, 6.45) is 1.67. The Kier molecular flexibility index (Phi) is 5.34. The van der Waals surface area contributed by atoms with Gasteiger partial charge in [-0.2, -0.15) is 0 Å². The van der Waals surface area contributed by atoms with Crippen LogP contribution in [-0.2, 0) is 10.8 Å². The number of pyridine rings is 1. The van der Waals surface area contributed by atoms with Crippen molar-refractivity contribution >= 4 is 33.8 Å². The van der Waals surface area contributed by atoms with E-state index in [2.05, 4.69) is 10.3 Å². The van der Waals surface area contributed by atoms with Crippen molar-refractivity contribution in [3.05, 3.63) is 23.9 Å². The first-order valence-electron chi connectivity index (χ1n) is 4.98. The molecule has 1 aromatic heterocycles. The lowest BCUT2D eigenvalue weighted by molar-refractivity contribution is 0.684. The first-order valence-corrected chi connectivity index (χ1v) is 6.88. The third-order valence-electron chi connectivity index (χ3n) is 2.02. The monoisotopic (exact) mass is 257 g/mol. The summed E-state index contributed by atoms with van der Waals surface area (Å²) in [6, 6.07) is 3.60. The lowest BCUT2D eigenvalue weighted by Gasteiger charge is -2.08. The van der Waals surface area contributed by atoms with E-state index in [1.807, 2.05) is 13.0 Å². The molecule has 1 rings (SSSR count). The molecule has 0 amide bonds. The van der Waals surface area contributed by atoms with Crippen molar-refractivity contribution in [1.29, 1.82) is 0 Å². The molecule has 1 atom stereocenters. The van der Waals surface area contributed by atoms with Gasteiger partial charge in [0, 0.05) is 35.0 Å². The van der Waals surface area contributed by atoms with E-state index in [0.29, 0.717) is 28.9 Å². The standard InChI is InChI=1S/C10H15N3OS2/c1-2-16(14)7-6-13-10-8(9(11)15)4-3-5-12-10/h3-5H,2,6-7H2,1H3,(H2,11,15)(H,12,13). The Morgan fingerprint density at radius 2 is 2.44 bits per heavy atom. The molecule has 0 aromatic carbocycles. The van der Waals surface area contributed by atoms with E-state index in [-0.39, 0.29) is 0 Å². The molecule has 0 fully saturated rings. The maximum Gasteiger partial charge on any atom is 0.136 e. The first-order chi connectivity index (χ1) is 7.65. The van der Waals surface area contributed by atoms with Gasteiger partial charge in [0.05, 0.1) is 5.56 Å². The molecular weight excluding hydrogens is 242 g/mol. The fraction of sp³-hybridized carbons (Fsp3) is 0.400. The van der Waals surface area contributed by atoms with Crippen LogP contribution >= 0.6 is 12.2 Å². The minimum absolute atomic E-state index is 0.312. The first kappa shape index (κ1) is 13.1. The molecule has 0 bridgehead atoms. The van der Waals surface area contributed by atoms with E-state index in [1.54, 1.807) is 12.3 Å². The van der Waals surface area contributed by atoms with Crippen molar-refractivity contribution < 1.29 is 4.21 Å². The number of hydrogen-bond acceptors (Lipinski definition) is 4. The number of rotatable bonds is 6. The second-order valence-corrected chi connectivity index (χ2v) is 5.43. The summed E-state index contributed by atoms with van der Waals surface area (Å²) in [6.45, 7) is 2.50. The van der Waals surface area contributed by atoms with E-state index >= 15 is 0 Å². The van der Waals surface area contributed by atoms with Crippen molar-refractivity contribution in [3.63, 3.8) is 0 Å². The minimum Gasteiger partial charge on any atom is -0.389 e. The fourth-order valence-electron chi connectivity index (χ4n) is 1.17. The van der Waals surface area contributed by atoms with Gasteiger partial charge in [0.2, 0.25) is 0 Å². The predicted octanol–water partition coefficient (Wildman–Crippen LogP) is 0.896. The molecule has 4 nitrogen and oxygen atoms in total. The zero-order valence-electron chi connectivity index (χ0n) is 9.10. The number of anilines is 1. The second kappa shape index (κ2) is 6.55. The highest BCUT2D eigenvalue weighted by Crippen LogP contribution is 2.10. The molecule has 0 spiro atoms. The molecule has 1 unspecified atom stereocenters. The van der Waals surface area contributed by atoms with Crippen LogP contribution in [0.2, 0.25) is 0 Å². The topological polar surface area (TPSA) is 68.0 Å². The quantitative estimate of drug-likeness (QED) is 0.741. The van der Waals surface area contributed by atoms with Crippen molar-refractivity contribution in [2.75, 3.05) is 23.4 Å². The Morgan fingerprint density at radius 3 is 3.06 bits per heavy atom. The van der Waals surface area contributed by atoms with Gasteiger partial charge in [-0.15, -0.1) is 0 Å². The average molecular weight is 257 g/mol. The minimum atomic E-state index is -0.772. The average Bonchev–Trinajstić information content (AvgIpc) is 2.29. The highest BCUT2D eigenvalue weighted by molar-refractivity contribution is 7.84. The van der Waals surface area contributed by atoms with Crippen molar-refractivity contribution in [3.8, 4) is 0 Å². The maximum atomic E-state index is 11.2. The van der Waals surface area contributed by atoms with E-state index in [0.717, 1.165) is 5.56 Å². The van der Waals surface area contributed by atoms with Gasteiger partial charge in [-0.1, -0.05) is 19.1 Å². The number of aromatic nitrogens is 1. The Hall–Kier alpha value is -1.01. The highest BCUT2D eigenvalue weighted by Gasteiger charge is 2.05. The van der Waals surface area contributed by atoms with Crippen LogP contribution in [0.1, 0.15) is 12.5 Å². The van der Waals surface area contributed by atoms with Gasteiger partial charge in [-0.25, -0.2) is 4.98 Å². The van der Waals surface area contributed by atoms with E-state index in [9.17, 15) is 4.21 Å². The molecule has 0 aliphatic heterocycles. The van der Waals surface area contributed by atoms with Crippen LogP contribution in [0.4, 0.5) is 5.82 Å². The van der Waals surface area contributed by atoms with E-state index < -0.39 is 10.8 Å². The molecule has 88 valence electrons. The largest absolute Gasteiger partial charge is 0.389 e. The molecule has 16 heavy (non-hydrogen) atoms. The Labute approximate surface area is 103 Å². The lowest BCUT2D eigenvalue weighted by Crippen LogP contribution is -2.17. The van der Waals surface area contributed by atoms with Crippen LogP contribution in [0.5, 0.6) is 0 Å². The Balaban J connectivity index is 2.60. The van der Waals surface area contributed by atoms with Crippen LogP contribution in [0, 0.1) is 0 Å². The summed E-state index contributed by atoms with van der Waals surface area (Å²) in [5, 5.41) is 3.09. The highest BCUT2D eigenvalue weighted by atomic mass is 32.2. The molecule has 3 N–H and O–H groups in total. The molecule has 0 aliphatic carbocycles. The van der Waals surface area contributed by atoms with Crippen molar-refractivity contribution in [1.82, 2.24) is 4.98 Å². The van der Waals surface area contributed by atoms with E-state index in [1.165, 1.54) is 0 Å². The van der Waals surface area contributed by atoms with Crippen LogP contribution in [0.3, 0.4) is 0 Å². The summed E-state index contributed by atoms with van der Waals surface area (Å²) in [5.74, 6) is 1.93. The lowest BCUT2D eigenvalue weighted by atomic mass is 10.2. The van der Waals surface area contributed by atoms with Crippen LogP contribution in [0.25, 0.3) is 0 Å². The molecule has 1 aromatic rings. The number of nitrogens with two attached hydrogens (primary N) is 1. The van der Waals surface area contributed by atoms with Gasteiger partial charge in [0.15, 0.2) is 0 Å². The SMILES string of the molecule is CCS(=O)CCNc1ncccc1C(N)=S. The van der Waals surface area contributed by atoms with Gasteiger partial charge >= 0.3 is 0 Å². The number of thiocarbonyl (C=S) groups is 1. The van der Waals surface area contributed by atoms with Gasteiger partial charge < -0.3 is 11.1 Å². The molecule has 0 saturated heterocycles. The maximum absolute atomic E-state index is 11.2. The summed E-state index contributed by atoms with van der Waals surface area (Å²) in [7, 11) is -0.772. The van der Waals surface area contributed by atoms with Gasteiger partial charge in [0.1, 0.15) is 10.8 Å². The van der Waals surface area contributed by atoms with Crippen LogP contribution in [-0.4, -0.2) is 32.2 Å². The van der Waals surface area contributed by atoms with Crippen LogP contribution < -0.4 is 11.1 Å². The molecule has 6 heteroatoms. The third-order valence-corrected chi connectivity index (χ3v) is 3.54.